The molecule has 1 saturated heterocycles. The topological polar surface area (TPSA) is 66.5 Å². The Hall–Kier alpha value is -2.18. The molecular formula is C29H34N2O3S. The Balaban J connectivity index is 1.06. The zero-order chi connectivity index (χ0) is 23.8. The van der Waals surface area contributed by atoms with Crippen molar-refractivity contribution in [2.24, 2.45) is 23.2 Å². The van der Waals surface area contributed by atoms with Crippen LogP contribution in [-0.2, 0) is 14.8 Å². The molecule has 5 aliphatic rings. The third-order valence-corrected chi connectivity index (χ3v) is 12.2. The number of carbonyl (C=O) groups excluding carboxylic acids is 1. The van der Waals surface area contributed by atoms with Crippen LogP contribution in [0, 0.1) is 23.2 Å². The highest BCUT2D eigenvalue weighted by Gasteiger charge is 2.74. The third-order valence-electron chi connectivity index (χ3n) is 10.2. The summed E-state index contributed by atoms with van der Waals surface area (Å²) >= 11 is 0. The van der Waals surface area contributed by atoms with E-state index in [4.69, 9.17) is 0 Å². The van der Waals surface area contributed by atoms with Gasteiger partial charge in [0.15, 0.2) is 0 Å². The molecule has 1 heterocycles. The third kappa shape index (κ3) is 3.21. The minimum absolute atomic E-state index is 0.000243. The fourth-order valence-electron chi connectivity index (χ4n) is 9.05. The van der Waals surface area contributed by atoms with Crippen molar-refractivity contribution in [3.05, 3.63) is 54.6 Å². The van der Waals surface area contributed by atoms with Gasteiger partial charge in [-0.25, -0.2) is 8.42 Å². The summed E-state index contributed by atoms with van der Waals surface area (Å²) in [5.41, 5.74) is 2.42. The molecule has 2 aromatic carbocycles. The average molecular weight is 491 g/mol. The lowest BCUT2D eigenvalue weighted by atomic mass is 9.51. The molecule has 0 aromatic heterocycles. The summed E-state index contributed by atoms with van der Waals surface area (Å²) in [6.45, 7) is 0.488. The van der Waals surface area contributed by atoms with Crippen molar-refractivity contribution in [2.75, 3.05) is 6.54 Å². The lowest BCUT2D eigenvalue weighted by Crippen LogP contribution is -2.67. The van der Waals surface area contributed by atoms with E-state index in [2.05, 4.69) is 5.32 Å². The second kappa shape index (κ2) is 7.66. The van der Waals surface area contributed by atoms with E-state index in [1.54, 1.807) is 16.4 Å². The quantitative estimate of drug-likeness (QED) is 0.621. The van der Waals surface area contributed by atoms with Crippen molar-refractivity contribution in [2.45, 2.75) is 74.3 Å². The number of fused-ring (bicyclic) bond motifs is 2. The molecule has 5 nitrogen and oxygen atoms in total. The summed E-state index contributed by atoms with van der Waals surface area (Å²) in [6, 6.07) is 16.9. The normalized spacial score (nSPS) is 37.3. The van der Waals surface area contributed by atoms with Gasteiger partial charge in [0.25, 0.3) is 0 Å². The molecular weight excluding hydrogens is 456 g/mol. The van der Waals surface area contributed by atoms with Crippen LogP contribution >= 0.6 is 0 Å². The molecule has 6 heteroatoms. The van der Waals surface area contributed by atoms with Gasteiger partial charge in [-0.15, -0.1) is 0 Å². The maximum absolute atomic E-state index is 13.5. The van der Waals surface area contributed by atoms with Crippen LogP contribution in [0.3, 0.4) is 0 Å². The fraction of sp³-hybridized carbons (Fsp3) is 0.552. The first-order chi connectivity index (χ1) is 16.9. The van der Waals surface area contributed by atoms with Crippen LogP contribution in [0.5, 0.6) is 0 Å². The van der Waals surface area contributed by atoms with Gasteiger partial charge in [-0.1, -0.05) is 42.5 Å². The zero-order valence-corrected chi connectivity index (χ0v) is 21.0. The van der Waals surface area contributed by atoms with Gasteiger partial charge in [-0.2, -0.15) is 4.31 Å². The maximum atomic E-state index is 13.5. The number of rotatable bonds is 6. The molecule has 1 amide bonds. The summed E-state index contributed by atoms with van der Waals surface area (Å²) in [6.07, 6.45) is 9.45. The summed E-state index contributed by atoms with van der Waals surface area (Å²) in [7, 11) is -3.64. The molecule has 4 saturated carbocycles. The number of hydrogen-bond acceptors (Lipinski definition) is 3. The van der Waals surface area contributed by atoms with E-state index in [1.807, 2.05) is 42.5 Å². The van der Waals surface area contributed by atoms with Crippen LogP contribution in [0.15, 0.2) is 59.5 Å². The van der Waals surface area contributed by atoms with Gasteiger partial charge in [0, 0.05) is 24.5 Å². The Morgan fingerprint density at radius 3 is 2.46 bits per heavy atom. The fourth-order valence-corrected chi connectivity index (χ4v) is 10.7. The Morgan fingerprint density at radius 1 is 0.914 bits per heavy atom. The molecule has 184 valence electrons. The van der Waals surface area contributed by atoms with Gasteiger partial charge in [0.1, 0.15) is 0 Å². The number of nitrogens with zero attached hydrogens (tertiary/aromatic N) is 1. The van der Waals surface area contributed by atoms with Gasteiger partial charge in [-0.05, 0) is 97.8 Å². The average Bonchev–Trinajstić information content (AvgIpc) is 3.44. The highest BCUT2D eigenvalue weighted by Crippen LogP contribution is 2.77. The predicted octanol–water partition coefficient (Wildman–Crippen LogP) is 4.98. The monoisotopic (exact) mass is 490 g/mol. The highest BCUT2D eigenvalue weighted by atomic mass is 32.2. The van der Waals surface area contributed by atoms with Gasteiger partial charge < -0.3 is 5.32 Å². The van der Waals surface area contributed by atoms with Crippen molar-refractivity contribution in [3.63, 3.8) is 0 Å². The number of carbonyl (C=O) groups is 1. The van der Waals surface area contributed by atoms with Crippen molar-refractivity contribution >= 4 is 15.9 Å². The number of sulfonamides is 1. The molecule has 2 aromatic rings. The van der Waals surface area contributed by atoms with Crippen molar-refractivity contribution in [3.8, 4) is 11.1 Å². The molecule has 1 aliphatic heterocycles. The largest absolute Gasteiger partial charge is 0.350 e. The summed E-state index contributed by atoms with van der Waals surface area (Å²) in [5, 5.41) is 3.51. The molecule has 0 radical (unpaired) electrons. The van der Waals surface area contributed by atoms with Crippen molar-refractivity contribution in [1.82, 2.24) is 9.62 Å². The van der Waals surface area contributed by atoms with Crippen molar-refractivity contribution < 1.29 is 13.2 Å². The summed E-state index contributed by atoms with van der Waals surface area (Å²) in [5.74, 6) is 2.52. The lowest BCUT2D eigenvalue weighted by Gasteiger charge is -2.59. The Morgan fingerprint density at radius 2 is 1.66 bits per heavy atom. The van der Waals surface area contributed by atoms with Crippen LogP contribution in [0.4, 0.5) is 0 Å². The van der Waals surface area contributed by atoms with Crippen LogP contribution in [0.1, 0.15) is 57.8 Å². The first kappa shape index (κ1) is 22.1. The van der Waals surface area contributed by atoms with Gasteiger partial charge in [-0.3, -0.25) is 4.79 Å². The second-order valence-corrected chi connectivity index (χ2v) is 13.9. The van der Waals surface area contributed by atoms with Gasteiger partial charge in [0.2, 0.25) is 15.9 Å². The molecule has 3 bridgehead atoms. The number of amides is 1. The molecule has 1 N–H and O–H groups in total. The molecule has 35 heavy (non-hydrogen) atoms. The SMILES string of the molecule is O=C(CC1CCCN1S(=O)(=O)c1ccc(-c2ccccc2)cc1)NC12CC3CC4CC(C1)C2(C4)C3. The van der Waals surface area contributed by atoms with E-state index in [0.717, 1.165) is 54.6 Å². The lowest BCUT2D eigenvalue weighted by molar-refractivity contribution is -0.132. The Kier molecular flexibility index (Phi) is 4.83. The van der Waals surface area contributed by atoms with E-state index in [0.29, 0.717) is 16.9 Å². The van der Waals surface area contributed by atoms with E-state index in [9.17, 15) is 13.2 Å². The van der Waals surface area contributed by atoms with E-state index in [1.165, 1.54) is 25.7 Å². The van der Waals surface area contributed by atoms with Crippen LogP contribution in [0.2, 0.25) is 0 Å². The number of hydrogen-bond donors (Lipinski definition) is 1. The highest BCUT2D eigenvalue weighted by molar-refractivity contribution is 7.89. The van der Waals surface area contributed by atoms with Gasteiger partial charge in [0.05, 0.1) is 4.90 Å². The first-order valence-electron chi connectivity index (χ1n) is 13.4. The first-order valence-corrected chi connectivity index (χ1v) is 14.8. The maximum Gasteiger partial charge on any atom is 0.243 e. The van der Waals surface area contributed by atoms with E-state index < -0.39 is 10.0 Å². The smallest absolute Gasteiger partial charge is 0.243 e. The molecule has 5 fully saturated rings. The van der Waals surface area contributed by atoms with E-state index >= 15 is 0 Å². The predicted molar refractivity (Wildman–Crippen MR) is 135 cm³/mol. The minimum Gasteiger partial charge on any atom is -0.350 e. The van der Waals surface area contributed by atoms with Crippen molar-refractivity contribution in [1.29, 1.82) is 0 Å². The summed E-state index contributed by atoms with van der Waals surface area (Å²) < 4.78 is 28.7. The molecule has 4 aliphatic carbocycles. The number of benzene rings is 2. The second-order valence-electron chi connectivity index (χ2n) is 12.0. The molecule has 6 atom stereocenters. The Bertz CT molecular complexity index is 1250. The van der Waals surface area contributed by atoms with Gasteiger partial charge >= 0.3 is 0 Å². The van der Waals surface area contributed by atoms with Crippen LogP contribution in [-0.4, -0.2) is 36.8 Å². The molecule has 7 rings (SSSR count). The number of nitrogens with one attached hydrogen (secondary N) is 1. The molecule has 1 spiro atoms. The standard InChI is InChI=1S/C29H34N2O3S/c32-27(30-29-18-21-13-20-14-24(19-29)28(29,16-20)17-21)15-25-7-4-12-31(25)35(33,34)26-10-8-23(9-11-26)22-5-2-1-3-6-22/h1-3,5-6,8-11,20-21,24-25H,4,7,12-19H2,(H,30,32). The van der Waals surface area contributed by atoms with E-state index in [-0.39, 0.29) is 23.9 Å². The minimum atomic E-state index is -3.64. The molecule has 6 unspecified atom stereocenters. The zero-order valence-electron chi connectivity index (χ0n) is 20.2. The Labute approximate surface area is 208 Å². The van der Waals surface area contributed by atoms with Crippen LogP contribution < -0.4 is 5.32 Å². The van der Waals surface area contributed by atoms with Crippen LogP contribution in [0.25, 0.3) is 11.1 Å². The summed E-state index contributed by atoms with van der Waals surface area (Å²) in [4.78, 5) is 13.6.